The molecule has 2 fully saturated rings. The molecule has 0 bridgehead atoms. The van der Waals surface area contributed by atoms with Gasteiger partial charge < -0.3 is 15.7 Å². The molecular formula is C38H48F3N3O3. The van der Waals surface area contributed by atoms with Crippen LogP contribution in [-0.2, 0) is 17.9 Å². The molecule has 0 spiro atoms. The first-order valence-corrected chi connectivity index (χ1v) is 16.8. The summed E-state index contributed by atoms with van der Waals surface area (Å²) in [5.74, 6) is -1.42. The fourth-order valence-corrected chi connectivity index (χ4v) is 6.43. The molecule has 1 aliphatic heterocycles. The summed E-state index contributed by atoms with van der Waals surface area (Å²) < 4.78 is 31.7. The first-order valence-electron chi connectivity index (χ1n) is 16.8. The second kappa shape index (κ2) is 17.5. The van der Waals surface area contributed by atoms with Gasteiger partial charge >= 0.3 is 12.1 Å². The van der Waals surface area contributed by atoms with Gasteiger partial charge in [0.15, 0.2) is 0 Å². The lowest BCUT2D eigenvalue weighted by atomic mass is 9.89. The third-order valence-electron chi connectivity index (χ3n) is 9.06. The predicted molar refractivity (Wildman–Crippen MR) is 180 cm³/mol. The molecule has 2 aliphatic rings. The van der Waals surface area contributed by atoms with Crippen molar-refractivity contribution in [1.29, 1.82) is 0 Å². The first-order chi connectivity index (χ1) is 22.5. The molecule has 1 saturated carbocycles. The highest BCUT2D eigenvalue weighted by Gasteiger charge is 2.38. The maximum atomic E-state index is 13.6. The Morgan fingerprint density at radius 3 is 2.19 bits per heavy atom. The topological polar surface area (TPSA) is 81.7 Å². The molecule has 5 rings (SSSR count). The van der Waals surface area contributed by atoms with Gasteiger partial charge in [-0.1, -0.05) is 93.8 Å². The number of piperidine rings is 1. The van der Waals surface area contributed by atoms with Crippen LogP contribution in [0.25, 0.3) is 11.1 Å². The fourth-order valence-electron chi connectivity index (χ4n) is 6.43. The number of carboxylic acid groups (broad SMARTS) is 1. The molecule has 47 heavy (non-hydrogen) atoms. The van der Waals surface area contributed by atoms with Gasteiger partial charge in [0.2, 0.25) is 0 Å². The van der Waals surface area contributed by atoms with Gasteiger partial charge in [-0.15, -0.1) is 0 Å². The number of benzene rings is 3. The van der Waals surface area contributed by atoms with Gasteiger partial charge in [0.25, 0.3) is 5.91 Å². The summed E-state index contributed by atoms with van der Waals surface area (Å²) in [6.45, 7) is 9.05. The van der Waals surface area contributed by atoms with E-state index < -0.39 is 12.1 Å². The van der Waals surface area contributed by atoms with E-state index in [4.69, 9.17) is 9.90 Å². The van der Waals surface area contributed by atoms with Crippen LogP contribution in [0.4, 0.5) is 13.2 Å². The number of aliphatic carboxylic acids is 1. The highest BCUT2D eigenvalue weighted by Crippen LogP contribution is 2.30. The van der Waals surface area contributed by atoms with Gasteiger partial charge in [-0.25, -0.2) is 4.79 Å². The van der Waals surface area contributed by atoms with Crippen LogP contribution in [0.1, 0.15) is 91.8 Å². The molecule has 3 aromatic rings. The minimum absolute atomic E-state index is 0.0559. The quantitative estimate of drug-likeness (QED) is 0.206. The zero-order chi connectivity index (χ0) is 33.8. The largest absolute Gasteiger partial charge is 0.490 e. The van der Waals surface area contributed by atoms with Gasteiger partial charge in [-0.3, -0.25) is 9.69 Å². The van der Waals surface area contributed by atoms with Crippen molar-refractivity contribution in [1.82, 2.24) is 15.5 Å². The second-order valence-corrected chi connectivity index (χ2v) is 13.1. The Kier molecular flexibility index (Phi) is 13.4. The molecular weight excluding hydrogens is 603 g/mol. The van der Waals surface area contributed by atoms with Crippen molar-refractivity contribution >= 4 is 11.9 Å². The highest BCUT2D eigenvalue weighted by molar-refractivity contribution is 6.01. The molecule has 1 heterocycles. The number of carbonyl (C=O) groups excluding carboxylic acids is 1. The Balaban J connectivity index is 0.000000644. The van der Waals surface area contributed by atoms with Crippen molar-refractivity contribution in [3.63, 3.8) is 0 Å². The Morgan fingerprint density at radius 2 is 1.55 bits per heavy atom. The van der Waals surface area contributed by atoms with E-state index >= 15 is 0 Å². The Morgan fingerprint density at radius 1 is 0.872 bits per heavy atom. The van der Waals surface area contributed by atoms with E-state index in [0.29, 0.717) is 17.9 Å². The monoisotopic (exact) mass is 651 g/mol. The zero-order valence-electron chi connectivity index (χ0n) is 27.5. The zero-order valence-corrected chi connectivity index (χ0v) is 27.5. The minimum atomic E-state index is -5.08. The van der Waals surface area contributed by atoms with E-state index in [1.165, 1.54) is 56.1 Å². The molecule has 0 radical (unpaired) electrons. The summed E-state index contributed by atoms with van der Waals surface area (Å²) in [4.78, 5) is 25.1. The average molecular weight is 652 g/mol. The molecule has 3 aromatic carbocycles. The summed E-state index contributed by atoms with van der Waals surface area (Å²) in [5, 5.41) is 13.9. The van der Waals surface area contributed by atoms with E-state index in [2.05, 4.69) is 102 Å². The number of nitrogens with zero attached hydrogens (tertiary/aromatic N) is 1. The molecule has 0 aromatic heterocycles. The normalized spacial score (nSPS) is 16.4. The summed E-state index contributed by atoms with van der Waals surface area (Å²) in [5.41, 5.74) is 6.89. The number of rotatable bonds is 10. The third kappa shape index (κ3) is 11.5. The number of hydrogen-bond donors (Lipinski definition) is 3. The van der Waals surface area contributed by atoms with Crippen LogP contribution < -0.4 is 10.6 Å². The summed E-state index contributed by atoms with van der Waals surface area (Å²) in [6, 6.07) is 26.6. The predicted octanol–water partition coefficient (Wildman–Crippen LogP) is 8.17. The van der Waals surface area contributed by atoms with Crippen molar-refractivity contribution in [3.8, 4) is 11.1 Å². The lowest BCUT2D eigenvalue weighted by Crippen LogP contribution is -2.32. The molecule has 1 amide bonds. The Bertz CT molecular complexity index is 1430. The number of carbonyl (C=O) groups is 2. The summed E-state index contributed by atoms with van der Waals surface area (Å²) in [6.07, 6.45) is 3.71. The van der Waals surface area contributed by atoms with Crippen molar-refractivity contribution in [2.75, 3.05) is 19.6 Å². The SMILES string of the molecule is CC(C)NCc1ccc(-c2cccc(CN3CCC(c4ccccc4)CC3)c2)c(C(=O)NCC2CCCCC2)c1.O=C(O)C(F)(F)F. The lowest BCUT2D eigenvalue weighted by Gasteiger charge is -2.32. The molecule has 3 N–H and O–H groups in total. The number of amides is 1. The maximum absolute atomic E-state index is 13.6. The number of alkyl halides is 3. The van der Waals surface area contributed by atoms with E-state index in [1.807, 2.05) is 0 Å². The van der Waals surface area contributed by atoms with Crippen LogP contribution in [0.3, 0.4) is 0 Å². The molecule has 1 saturated heterocycles. The standard InChI is InChI=1S/C36H47N3O.C2HF3O2/c1-27(2)37-25-29-16-17-34(35(23-29)36(40)38-24-28-10-5-3-6-11-28)33-15-9-12-30(22-33)26-39-20-18-32(19-21-39)31-13-7-4-8-14-31;3-2(4,5)1(6)7/h4,7-9,12-17,22-23,27-28,32,37H,3,5-6,10-11,18-21,24-26H2,1-2H3,(H,38,40);(H,6,7). The highest BCUT2D eigenvalue weighted by atomic mass is 19.4. The Hall–Kier alpha value is -3.69. The average Bonchev–Trinajstić information content (AvgIpc) is 3.07. The van der Waals surface area contributed by atoms with E-state index in [9.17, 15) is 18.0 Å². The first kappa shape index (κ1) is 36.2. The number of hydrogen-bond acceptors (Lipinski definition) is 4. The van der Waals surface area contributed by atoms with Crippen LogP contribution in [0.2, 0.25) is 0 Å². The van der Waals surface area contributed by atoms with Gasteiger partial charge in [0.05, 0.1) is 0 Å². The molecule has 6 nitrogen and oxygen atoms in total. The number of halogens is 3. The second-order valence-electron chi connectivity index (χ2n) is 13.1. The smallest absolute Gasteiger partial charge is 0.475 e. The summed E-state index contributed by atoms with van der Waals surface area (Å²) >= 11 is 0. The number of carboxylic acids is 1. The fraction of sp³-hybridized carbons (Fsp3) is 0.474. The maximum Gasteiger partial charge on any atom is 0.490 e. The Labute approximate surface area is 276 Å². The van der Waals surface area contributed by atoms with Crippen molar-refractivity contribution in [3.05, 3.63) is 95.1 Å². The molecule has 254 valence electrons. The summed E-state index contributed by atoms with van der Waals surface area (Å²) in [7, 11) is 0. The molecule has 0 unspecified atom stereocenters. The van der Waals surface area contributed by atoms with Crippen molar-refractivity contribution in [2.24, 2.45) is 5.92 Å². The molecule has 1 aliphatic carbocycles. The van der Waals surface area contributed by atoms with Crippen molar-refractivity contribution < 1.29 is 27.9 Å². The number of likely N-dealkylation sites (tertiary alicyclic amines) is 1. The molecule has 9 heteroatoms. The van der Waals surface area contributed by atoms with Crippen LogP contribution in [0, 0.1) is 5.92 Å². The van der Waals surface area contributed by atoms with E-state index in [-0.39, 0.29) is 5.91 Å². The van der Waals surface area contributed by atoms with Crippen LogP contribution in [0.5, 0.6) is 0 Å². The number of nitrogens with one attached hydrogen (secondary N) is 2. The van der Waals surface area contributed by atoms with Crippen molar-refractivity contribution in [2.45, 2.75) is 90.0 Å². The van der Waals surface area contributed by atoms with Gasteiger partial charge in [-0.2, -0.15) is 13.2 Å². The lowest BCUT2D eigenvalue weighted by molar-refractivity contribution is -0.192. The van der Waals surface area contributed by atoms with Gasteiger partial charge in [-0.05, 0) is 90.6 Å². The van der Waals surface area contributed by atoms with Crippen LogP contribution in [-0.4, -0.2) is 53.7 Å². The van der Waals surface area contributed by atoms with E-state index in [1.54, 1.807) is 0 Å². The third-order valence-corrected chi connectivity index (χ3v) is 9.06. The van der Waals surface area contributed by atoms with Gasteiger partial charge in [0.1, 0.15) is 0 Å². The van der Waals surface area contributed by atoms with Crippen LogP contribution >= 0.6 is 0 Å². The van der Waals surface area contributed by atoms with Crippen LogP contribution in [0.15, 0.2) is 72.8 Å². The minimum Gasteiger partial charge on any atom is -0.475 e. The van der Waals surface area contributed by atoms with Gasteiger partial charge in [0, 0.05) is 31.2 Å². The van der Waals surface area contributed by atoms with E-state index in [0.717, 1.165) is 55.0 Å². The molecule has 0 atom stereocenters.